The number of hydrogen-bond acceptors (Lipinski definition) is 2. The lowest BCUT2D eigenvalue weighted by Crippen LogP contribution is -2.41. The molecule has 3 nitrogen and oxygen atoms in total. The predicted molar refractivity (Wildman–Crippen MR) is 88.5 cm³/mol. The van der Waals surface area contributed by atoms with E-state index in [9.17, 15) is 4.79 Å². The normalized spacial score (nSPS) is 17.4. The molecule has 1 aliphatic rings. The van der Waals surface area contributed by atoms with Gasteiger partial charge >= 0.3 is 0 Å². The Bertz CT molecular complexity index is 452. The summed E-state index contributed by atoms with van der Waals surface area (Å²) < 4.78 is 0. The van der Waals surface area contributed by atoms with Gasteiger partial charge in [0.2, 0.25) is 5.91 Å². The van der Waals surface area contributed by atoms with Crippen LogP contribution >= 0.6 is 0 Å². The smallest absolute Gasteiger partial charge is 0.238 e. The van der Waals surface area contributed by atoms with Gasteiger partial charge in [-0.25, -0.2) is 0 Å². The average Bonchev–Trinajstić information content (AvgIpc) is 2.51. The van der Waals surface area contributed by atoms with Crippen LogP contribution in [-0.4, -0.2) is 18.5 Å². The van der Waals surface area contributed by atoms with Crippen molar-refractivity contribution in [1.82, 2.24) is 5.32 Å². The molecule has 1 aromatic rings. The summed E-state index contributed by atoms with van der Waals surface area (Å²) in [6, 6.07) is 8.38. The highest BCUT2D eigenvalue weighted by molar-refractivity contribution is 5.92. The van der Waals surface area contributed by atoms with Gasteiger partial charge in [0.15, 0.2) is 0 Å². The van der Waals surface area contributed by atoms with Gasteiger partial charge in [-0.2, -0.15) is 0 Å². The largest absolute Gasteiger partial charge is 0.325 e. The second-order valence-corrected chi connectivity index (χ2v) is 6.16. The molecule has 0 spiro atoms. The second kappa shape index (κ2) is 8.18. The SMILES string of the molecule is CCC(NCC(=O)Nc1ccccc1C)C1CCCCC1. The van der Waals surface area contributed by atoms with Gasteiger partial charge in [-0.1, -0.05) is 44.4 Å². The van der Waals surface area contributed by atoms with E-state index >= 15 is 0 Å². The van der Waals surface area contributed by atoms with Gasteiger partial charge in [0.1, 0.15) is 0 Å². The molecule has 21 heavy (non-hydrogen) atoms. The Morgan fingerprint density at radius 2 is 1.95 bits per heavy atom. The zero-order valence-electron chi connectivity index (χ0n) is 13.3. The number of rotatable bonds is 6. The lowest BCUT2D eigenvalue weighted by Gasteiger charge is -2.30. The van der Waals surface area contributed by atoms with E-state index in [4.69, 9.17) is 0 Å². The molecule has 1 aliphatic carbocycles. The molecule has 1 unspecified atom stereocenters. The number of carbonyl (C=O) groups is 1. The molecule has 1 fully saturated rings. The van der Waals surface area contributed by atoms with Crippen molar-refractivity contribution in [2.45, 2.75) is 58.4 Å². The highest BCUT2D eigenvalue weighted by Gasteiger charge is 2.22. The van der Waals surface area contributed by atoms with E-state index in [-0.39, 0.29) is 5.91 Å². The summed E-state index contributed by atoms with van der Waals surface area (Å²) in [5.74, 6) is 0.800. The average molecular weight is 288 g/mol. The molecule has 3 heteroatoms. The number of carbonyl (C=O) groups excluding carboxylic acids is 1. The fourth-order valence-electron chi connectivity index (χ4n) is 3.31. The van der Waals surface area contributed by atoms with Gasteiger partial charge in [0.25, 0.3) is 0 Å². The third-order valence-electron chi connectivity index (χ3n) is 4.60. The topological polar surface area (TPSA) is 41.1 Å². The van der Waals surface area contributed by atoms with Gasteiger partial charge < -0.3 is 10.6 Å². The molecule has 1 amide bonds. The maximum absolute atomic E-state index is 12.1. The van der Waals surface area contributed by atoms with E-state index in [0.29, 0.717) is 12.6 Å². The zero-order chi connectivity index (χ0) is 15.1. The molecule has 116 valence electrons. The summed E-state index contributed by atoms with van der Waals surface area (Å²) in [5, 5.41) is 6.46. The number of anilines is 1. The Labute approximate surface area is 128 Å². The van der Waals surface area contributed by atoms with Crippen LogP contribution in [0.3, 0.4) is 0 Å². The fourth-order valence-corrected chi connectivity index (χ4v) is 3.31. The number of benzene rings is 1. The zero-order valence-corrected chi connectivity index (χ0v) is 13.3. The van der Waals surface area contributed by atoms with Crippen LogP contribution in [0.15, 0.2) is 24.3 Å². The summed E-state index contributed by atoms with van der Waals surface area (Å²) in [5.41, 5.74) is 2.01. The van der Waals surface area contributed by atoms with E-state index in [0.717, 1.165) is 23.6 Å². The van der Waals surface area contributed by atoms with Crippen molar-refractivity contribution in [2.24, 2.45) is 5.92 Å². The third kappa shape index (κ3) is 4.85. The van der Waals surface area contributed by atoms with Crippen LogP contribution in [0, 0.1) is 12.8 Å². The van der Waals surface area contributed by atoms with Crippen LogP contribution in [0.4, 0.5) is 5.69 Å². The van der Waals surface area contributed by atoms with Gasteiger partial charge in [-0.3, -0.25) is 4.79 Å². The lowest BCUT2D eigenvalue weighted by molar-refractivity contribution is -0.115. The Hall–Kier alpha value is -1.35. The molecule has 0 radical (unpaired) electrons. The van der Waals surface area contributed by atoms with Crippen LogP contribution in [0.5, 0.6) is 0 Å². The number of hydrogen-bond donors (Lipinski definition) is 2. The Morgan fingerprint density at radius 1 is 1.24 bits per heavy atom. The molecule has 0 heterocycles. The minimum atomic E-state index is 0.0542. The summed E-state index contributed by atoms with van der Waals surface area (Å²) >= 11 is 0. The van der Waals surface area contributed by atoms with Crippen molar-refractivity contribution in [2.75, 3.05) is 11.9 Å². The Kier molecular flexibility index (Phi) is 6.24. The molecule has 1 aromatic carbocycles. The van der Waals surface area contributed by atoms with Gasteiger partial charge in [0.05, 0.1) is 6.54 Å². The van der Waals surface area contributed by atoms with Crippen molar-refractivity contribution in [3.05, 3.63) is 29.8 Å². The van der Waals surface area contributed by atoms with Crippen molar-refractivity contribution in [1.29, 1.82) is 0 Å². The minimum absolute atomic E-state index is 0.0542. The molecular formula is C18H28N2O. The maximum atomic E-state index is 12.1. The molecular weight excluding hydrogens is 260 g/mol. The van der Waals surface area contributed by atoms with Crippen molar-refractivity contribution < 1.29 is 4.79 Å². The lowest BCUT2D eigenvalue weighted by atomic mass is 9.83. The van der Waals surface area contributed by atoms with E-state index in [1.807, 2.05) is 31.2 Å². The molecule has 0 aromatic heterocycles. The summed E-state index contributed by atoms with van der Waals surface area (Å²) in [7, 11) is 0. The van der Waals surface area contributed by atoms with E-state index in [2.05, 4.69) is 17.6 Å². The van der Waals surface area contributed by atoms with Crippen LogP contribution < -0.4 is 10.6 Å². The monoisotopic (exact) mass is 288 g/mol. The van der Waals surface area contributed by atoms with Gasteiger partial charge in [-0.05, 0) is 43.7 Å². The van der Waals surface area contributed by atoms with Crippen molar-refractivity contribution in [3.63, 3.8) is 0 Å². The number of nitrogens with one attached hydrogen (secondary N) is 2. The first kappa shape index (κ1) is 16.0. The highest BCUT2D eigenvalue weighted by Crippen LogP contribution is 2.27. The van der Waals surface area contributed by atoms with Crippen LogP contribution in [-0.2, 0) is 4.79 Å². The van der Waals surface area contributed by atoms with Crippen LogP contribution in [0.2, 0.25) is 0 Å². The van der Waals surface area contributed by atoms with Crippen molar-refractivity contribution in [3.8, 4) is 0 Å². The predicted octanol–water partition coefficient (Wildman–Crippen LogP) is 3.88. The fraction of sp³-hybridized carbons (Fsp3) is 0.611. The van der Waals surface area contributed by atoms with E-state index in [1.54, 1.807) is 0 Å². The first-order chi connectivity index (χ1) is 10.2. The Balaban J connectivity index is 1.80. The summed E-state index contributed by atoms with van der Waals surface area (Å²) in [4.78, 5) is 12.1. The van der Waals surface area contributed by atoms with E-state index < -0.39 is 0 Å². The molecule has 2 rings (SSSR count). The minimum Gasteiger partial charge on any atom is -0.325 e. The first-order valence-electron chi connectivity index (χ1n) is 8.29. The maximum Gasteiger partial charge on any atom is 0.238 e. The summed E-state index contributed by atoms with van der Waals surface area (Å²) in [6.07, 6.45) is 7.79. The second-order valence-electron chi connectivity index (χ2n) is 6.16. The quantitative estimate of drug-likeness (QED) is 0.834. The molecule has 0 bridgehead atoms. The number of para-hydroxylation sites is 1. The van der Waals surface area contributed by atoms with Gasteiger partial charge in [0, 0.05) is 11.7 Å². The molecule has 0 aliphatic heterocycles. The van der Waals surface area contributed by atoms with E-state index in [1.165, 1.54) is 32.1 Å². The summed E-state index contributed by atoms with van der Waals surface area (Å²) in [6.45, 7) is 4.63. The Morgan fingerprint density at radius 3 is 2.62 bits per heavy atom. The van der Waals surface area contributed by atoms with Gasteiger partial charge in [-0.15, -0.1) is 0 Å². The number of amides is 1. The molecule has 1 saturated carbocycles. The molecule has 2 N–H and O–H groups in total. The van der Waals surface area contributed by atoms with Crippen molar-refractivity contribution >= 4 is 11.6 Å². The first-order valence-corrected chi connectivity index (χ1v) is 8.29. The molecule has 1 atom stereocenters. The highest BCUT2D eigenvalue weighted by atomic mass is 16.1. The number of aryl methyl sites for hydroxylation is 1. The standard InChI is InChI=1S/C18H28N2O/c1-3-16(15-10-5-4-6-11-15)19-13-18(21)20-17-12-8-7-9-14(17)2/h7-9,12,15-16,19H,3-6,10-11,13H2,1-2H3,(H,20,21). The third-order valence-corrected chi connectivity index (χ3v) is 4.60. The van der Waals surface area contributed by atoms with Crippen LogP contribution in [0.25, 0.3) is 0 Å². The van der Waals surface area contributed by atoms with Crippen LogP contribution in [0.1, 0.15) is 51.0 Å². The molecule has 0 saturated heterocycles.